The van der Waals surface area contributed by atoms with Gasteiger partial charge in [0.15, 0.2) is 0 Å². The van der Waals surface area contributed by atoms with Gasteiger partial charge in [-0.1, -0.05) is 0 Å². The molecule has 0 bridgehead atoms. The molecule has 0 spiro atoms. The first kappa shape index (κ1) is 14.2. The first-order chi connectivity index (χ1) is 8.99. The summed E-state index contributed by atoms with van der Waals surface area (Å²) in [5.74, 6) is -0.336. The zero-order valence-corrected chi connectivity index (χ0v) is 11.9. The lowest BCUT2D eigenvalue weighted by molar-refractivity contribution is -0.384. The fraction of sp³-hybridized carbons (Fsp3) is 0.500. The Morgan fingerprint density at radius 2 is 2.37 bits per heavy atom. The van der Waals surface area contributed by atoms with Crippen LogP contribution in [-0.4, -0.2) is 24.2 Å². The average molecular weight is 333 g/mol. The summed E-state index contributed by atoms with van der Waals surface area (Å²) < 4.78 is 18.9. The summed E-state index contributed by atoms with van der Waals surface area (Å²) in [6.07, 6.45) is 0.921. The summed E-state index contributed by atoms with van der Waals surface area (Å²) in [7, 11) is 0. The molecule has 0 aromatic heterocycles. The lowest BCUT2D eigenvalue weighted by Gasteiger charge is -2.20. The number of hydrogen-bond donors (Lipinski definition) is 1. The van der Waals surface area contributed by atoms with Crippen molar-refractivity contribution in [2.45, 2.75) is 19.4 Å². The van der Waals surface area contributed by atoms with Crippen LogP contribution in [0.3, 0.4) is 0 Å². The quantitative estimate of drug-likeness (QED) is 0.678. The molecule has 1 N–H and O–H groups in total. The van der Waals surface area contributed by atoms with E-state index in [4.69, 9.17) is 4.74 Å². The first-order valence-electron chi connectivity index (χ1n) is 5.96. The highest BCUT2D eigenvalue weighted by molar-refractivity contribution is 9.10. The summed E-state index contributed by atoms with van der Waals surface area (Å²) >= 11 is 3.04. The highest BCUT2D eigenvalue weighted by Crippen LogP contribution is 2.32. The fourth-order valence-electron chi connectivity index (χ4n) is 2.11. The van der Waals surface area contributed by atoms with Gasteiger partial charge in [-0.2, -0.15) is 0 Å². The molecule has 2 atom stereocenters. The smallest absolute Gasteiger partial charge is 0.295 e. The number of ether oxygens (including phenoxy) is 1. The van der Waals surface area contributed by atoms with Crippen molar-refractivity contribution < 1.29 is 14.1 Å². The van der Waals surface area contributed by atoms with E-state index in [2.05, 4.69) is 21.2 Å². The normalized spacial score (nSPS) is 20.3. The van der Waals surface area contributed by atoms with E-state index < -0.39 is 10.7 Å². The highest BCUT2D eigenvalue weighted by atomic mass is 79.9. The molecule has 19 heavy (non-hydrogen) atoms. The van der Waals surface area contributed by atoms with Gasteiger partial charge in [0, 0.05) is 18.6 Å². The van der Waals surface area contributed by atoms with Crippen molar-refractivity contribution in [1.29, 1.82) is 0 Å². The summed E-state index contributed by atoms with van der Waals surface area (Å²) in [5, 5.41) is 14.0. The van der Waals surface area contributed by atoms with Gasteiger partial charge in [-0.05, 0) is 35.3 Å². The highest BCUT2D eigenvalue weighted by Gasteiger charge is 2.25. The largest absolute Gasteiger partial charge is 0.381 e. The van der Waals surface area contributed by atoms with Gasteiger partial charge in [0.1, 0.15) is 11.5 Å². The van der Waals surface area contributed by atoms with Crippen LogP contribution in [0.25, 0.3) is 0 Å². The molecule has 1 aliphatic heterocycles. The SMILES string of the molecule is CC(Nc1cc(Br)c(F)cc1[N+](=O)[O-])C1CCOC1. The molecule has 1 fully saturated rings. The van der Waals surface area contributed by atoms with Crippen molar-refractivity contribution in [2.24, 2.45) is 5.92 Å². The Bertz CT molecular complexity index is 492. The molecule has 104 valence electrons. The van der Waals surface area contributed by atoms with Gasteiger partial charge >= 0.3 is 0 Å². The Kier molecular flexibility index (Phi) is 4.36. The Morgan fingerprint density at radius 3 is 2.95 bits per heavy atom. The van der Waals surface area contributed by atoms with E-state index in [1.165, 1.54) is 6.07 Å². The summed E-state index contributed by atoms with van der Waals surface area (Å²) in [6.45, 7) is 3.30. The van der Waals surface area contributed by atoms with Crippen LogP contribution in [0, 0.1) is 21.8 Å². The van der Waals surface area contributed by atoms with E-state index in [9.17, 15) is 14.5 Å². The van der Waals surface area contributed by atoms with Crippen LogP contribution in [0.15, 0.2) is 16.6 Å². The predicted octanol–water partition coefficient (Wildman–Crippen LogP) is 3.33. The third-order valence-corrected chi connectivity index (χ3v) is 3.90. The van der Waals surface area contributed by atoms with E-state index in [1.807, 2.05) is 6.92 Å². The molecular formula is C12H14BrFN2O3. The number of rotatable bonds is 4. The summed E-state index contributed by atoms with van der Waals surface area (Å²) in [6, 6.07) is 2.35. The molecule has 0 saturated carbocycles. The molecule has 7 heteroatoms. The van der Waals surface area contributed by atoms with E-state index in [1.54, 1.807) is 0 Å². The number of benzene rings is 1. The lowest BCUT2D eigenvalue weighted by Crippen LogP contribution is -2.26. The van der Waals surface area contributed by atoms with Crippen LogP contribution in [0.2, 0.25) is 0 Å². The lowest BCUT2D eigenvalue weighted by atomic mass is 10.0. The van der Waals surface area contributed by atoms with Crippen molar-refractivity contribution in [1.82, 2.24) is 0 Å². The molecule has 5 nitrogen and oxygen atoms in total. The van der Waals surface area contributed by atoms with Crippen LogP contribution in [0.4, 0.5) is 15.8 Å². The van der Waals surface area contributed by atoms with Gasteiger partial charge in [0.25, 0.3) is 5.69 Å². The zero-order valence-electron chi connectivity index (χ0n) is 10.4. The molecule has 1 saturated heterocycles. The van der Waals surface area contributed by atoms with Gasteiger partial charge in [0.05, 0.1) is 22.1 Å². The van der Waals surface area contributed by atoms with Crippen LogP contribution < -0.4 is 5.32 Å². The number of nitro benzene ring substituents is 1. The van der Waals surface area contributed by atoms with Gasteiger partial charge in [-0.3, -0.25) is 10.1 Å². The van der Waals surface area contributed by atoms with Crippen LogP contribution >= 0.6 is 15.9 Å². The Labute approximate surface area is 118 Å². The standard InChI is InChI=1S/C12H14BrFN2O3/c1-7(8-2-3-19-6-8)15-11-4-9(13)10(14)5-12(11)16(17)18/h4-5,7-8,15H,2-3,6H2,1H3. The van der Waals surface area contributed by atoms with Gasteiger partial charge in [-0.25, -0.2) is 4.39 Å². The minimum absolute atomic E-state index is 0.0264. The third-order valence-electron chi connectivity index (χ3n) is 3.29. The maximum atomic E-state index is 13.4. The molecule has 0 aliphatic carbocycles. The molecule has 1 aliphatic rings. The Balaban J connectivity index is 2.22. The van der Waals surface area contributed by atoms with Crippen molar-refractivity contribution >= 4 is 27.3 Å². The van der Waals surface area contributed by atoms with Crippen LogP contribution in [0.5, 0.6) is 0 Å². The molecule has 0 amide bonds. The maximum absolute atomic E-state index is 13.4. The van der Waals surface area contributed by atoms with E-state index >= 15 is 0 Å². The van der Waals surface area contributed by atoms with Crippen molar-refractivity contribution in [3.63, 3.8) is 0 Å². The van der Waals surface area contributed by atoms with Crippen molar-refractivity contribution in [2.75, 3.05) is 18.5 Å². The van der Waals surface area contributed by atoms with Gasteiger partial charge < -0.3 is 10.1 Å². The first-order valence-corrected chi connectivity index (χ1v) is 6.76. The van der Waals surface area contributed by atoms with E-state index in [0.717, 1.165) is 12.5 Å². The second-order valence-electron chi connectivity index (χ2n) is 4.60. The maximum Gasteiger partial charge on any atom is 0.295 e. The monoisotopic (exact) mass is 332 g/mol. The number of nitrogens with one attached hydrogen (secondary N) is 1. The molecule has 1 heterocycles. The van der Waals surface area contributed by atoms with E-state index in [0.29, 0.717) is 24.8 Å². The Morgan fingerprint density at radius 1 is 1.63 bits per heavy atom. The van der Waals surface area contributed by atoms with Crippen LogP contribution in [0.1, 0.15) is 13.3 Å². The minimum Gasteiger partial charge on any atom is -0.381 e. The average Bonchev–Trinajstić information content (AvgIpc) is 2.86. The second kappa shape index (κ2) is 5.83. The molecule has 2 unspecified atom stereocenters. The van der Waals surface area contributed by atoms with E-state index in [-0.39, 0.29) is 16.2 Å². The Hall–Kier alpha value is -1.21. The molecule has 1 aromatic carbocycles. The minimum atomic E-state index is -0.644. The summed E-state index contributed by atoms with van der Waals surface area (Å²) in [4.78, 5) is 10.4. The van der Waals surface area contributed by atoms with Gasteiger partial charge in [-0.15, -0.1) is 0 Å². The predicted molar refractivity (Wildman–Crippen MR) is 72.8 cm³/mol. The summed E-state index contributed by atoms with van der Waals surface area (Å²) in [5.41, 5.74) is 0.0594. The molecule has 2 rings (SSSR count). The van der Waals surface area contributed by atoms with Crippen LogP contribution in [-0.2, 0) is 4.74 Å². The molecule has 1 aromatic rings. The number of nitrogens with zero attached hydrogens (tertiary/aromatic N) is 1. The molecular weight excluding hydrogens is 319 g/mol. The zero-order chi connectivity index (χ0) is 14.0. The van der Waals surface area contributed by atoms with Crippen molar-refractivity contribution in [3.8, 4) is 0 Å². The number of nitro groups is 1. The van der Waals surface area contributed by atoms with Gasteiger partial charge in [0.2, 0.25) is 0 Å². The topological polar surface area (TPSA) is 64.4 Å². The number of halogens is 2. The third kappa shape index (κ3) is 3.22. The second-order valence-corrected chi connectivity index (χ2v) is 5.45. The number of hydrogen-bond acceptors (Lipinski definition) is 4. The fourth-order valence-corrected chi connectivity index (χ4v) is 2.46. The molecule has 0 radical (unpaired) electrons. The number of anilines is 1. The van der Waals surface area contributed by atoms with Crippen molar-refractivity contribution in [3.05, 3.63) is 32.5 Å².